The molecule has 124 valence electrons. The Bertz CT molecular complexity index is 496. The lowest BCUT2D eigenvalue weighted by atomic mass is 10.1. The molecule has 0 saturated carbocycles. The van der Waals surface area contributed by atoms with Gasteiger partial charge in [0.2, 0.25) is 5.91 Å². The molecule has 2 rings (SSSR count). The number of nitrogens with two attached hydrogens (primary N) is 1. The molecule has 0 radical (unpaired) electrons. The molecule has 0 aromatic heterocycles. The van der Waals surface area contributed by atoms with E-state index in [0.717, 1.165) is 25.1 Å². The molecule has 1 atom stereocenters. The van der Waals surface area contributed by atoms with Gasteiger partial charge < -0.3 is 20.1 Å². The number of nitrogens with zero attached hydrogens (tertiary/aromatic N) is 1. The summed E-state index contributed by atoms with van der Waals surface area (Å²) in [6.45, 7) is 2.31. The Morgan fingerprint density at radius 3 is 2.64 bits per heavy atom. The first kappa shape index (κ1) is 18.6. The van der Waals surface area contributed by atoms with Crippen LogP contribution in [0.5, 0.6) is 11.5 Å². The molecule has 0 spiro atoms. The number of rotatable bonds is 6. The summed E-state index contributed by atoms with van der Waals surface area (Å²) in [7, 11) is 3.23. The molecule has 22 heavy (non-hydrogen) atoms. The maximum absolute atomic E-state index is 12.2. The van der Waals surface area contributed by atoms with Gasteiger partial charge in [-0.2, -0.15) is 0 Å². The van der Waals surface area contributed by atoms with Crippen LogP contribution in [0.1, 0.15) is 18.4 Å². The molecule has 1 aromatic carbocycles. The highest BCUT2D eigenvalue weighted by Gasteiger charge is 2.24. The van der Waals surface area contributed by atoms with Crippen molar-refractivity contribution in [2.75, 3.05) is 33.9 Å². The Balaban J connectivity index is 0.00000242. The van der Waals surface area contributed by atoms with E-state index in [1.165, 1.54) is 0 Å². The van der Waals surface area contributed by atoms with Gasteiger partial charge in [-0.25, -0.2) is 0 Å². The molecule has 0 aliphatic carbocycles. The summed E-state index contributed by atoms with van der Waals surface area (Å²) < 4.78 is 10.5. The Kier molecular flexibility index (Phi) is 7.48. The maximum Gasteiger partial charge on any atom is 0.222 e. The van der Waals surface area contributed by atoms with E-state index in [9.17, 15) is 4.79 Å². The third-order valence-electron chi connectivity index (χ3n) is 4.05. The first-order chi connectivity index (χ1) is 10.2. The summed E-state index contributed by atoms with van der Waals surface area (Å²) in [4.78, 5) is 14.1. The number of ether oxygens (including phenoxy) is 2. The van der Waals surface area contributed by atoms with E-state index in [4.69, 9.17) is 15.2 Å². The van der Waals surface area contributed by atoms with Crippen LogP contribution < -0.4 is 15.2 Å². The highest BCUT2D eigenvalue weighted by Crippen LogP contribution is 2.28. The van der Waals surface area contributed by atoms with Crippen molar-refractivity contribution >= 4 is 18.3 Å². The summed E-state index contributed by atoms with van der Waals surface area (Å²) in [5.41, 5.74) is 6.74. The SMILES string of the molecule is COc1ccc(CCC(=O)N2CCC(CN)C2)cc1OC.Cl. The van der Waals surface area contributed by atoms with E-state index in [1.807, 2.05) is 23.1 Å². The zero-order valence-corrected chi connectivity index (χ0v) is 14.0. The quantitative estimate of drug-likeness (QED) is 0.865. The molecule has 2 N–H and O–H groups in total. The molecule has 1 saturated heterocycles. The number of methoxy groups -OCH3 is 2. The van der Waals surface area contributed by atoms with Crippen LogP contribution in [0.2, 0.25) is 0 Å². The van der Waals surface area contributed by atoms with Crippen LogP contribution in [-0.2, 0) is 11.2 Å². The third kappa shape index (κ3) is 4.52. The topological polar surface area (TPSA) is 64.8 Å². The molecule has 0 bridgehead atoms. The van der Waals surface area contributed by atoms with Crippen LogP contribution in [0.3, 0.4) is 0 Å². The number of hydrogen-bond donors (Lipinski definition) is 1. The molecular formula is C16H25ClN2O3. The van der Waals surface area contributed by atoms with E-state index in [-0.39, 0.29) is 18.3 Å². The number of amides is 1. The summed E-state index contributed by atoms with van der Waals surface area (Å²) in [5.74, 6) is 2.08. The van der Waals surface area contributed by atoms with E-state index in [1.54, 1.807) is 14.2 Å². The van der Waals surface area contributed by atoms with Gasteiger partial charge in [0.1, 0.15) is 0 Å². The van der Waals surface area contributed by atoms with Crippen molar-refractivity contribution in [3.05, 3.63) is 23.8 Å². The van der Waals surface area contributed by atoms with Gasteiger partial charge in [-0.1, -0.05) is 6.07 Å². The predicted molar refractivity (Wildman–Crippen MR) is 88.9 cm³/mol. The van der Waals surface area contributed by atoms with Crippen LogP contribution in [0.25, 0.3) is 0 Å². The first-order valence-corrected chi connectivity index (χ1v) is 7.36. The van der Waals surface area contributed by atoms with E-state index in [0.29, 0.717) is 36.8 Å². The van der Waals surface area contributed by atoms with Crippen molar-refractivity contribution in [2.24, 2.45) is 11.7 Å². The van der Waals surface area contributed by atoms with E-state index in [2.05, 4.69) is 0 Å². The number of halogens is 1. The summed E-state index contributed by atoms with van der Waals surface area (Å²) in [5, 5.41) is 0. The Labute approximate surface area is 138 Å². The van der Waals surface area contributed by atoms with Gasteiger partial charge in [0, 0.05) is 19.5 Å². The van der Waals surface area contributed by atoms with E-state index < -0.39 is 0 Å². The van der Waals surface area contributed by atoms with Crippen molar-refractivity contribution in [2.45, 2.75) is 19.3 Å². The Hall–Kier alpha value is -1.46. The Morgan fingerprint density at radius 1 is 1.32 bits per heavy atom. The summed E-state index contributed by atoms with van der Waals surface area (Å²) in [6, 6.07) is 5.78. The number of likely N-dealkylation sites (tertiary alicyclic amines) is 1. The van der Waals surface area contributed by atoms with Crippen LogP contribution in [-0.4, -0.2) is 44.7 Å². The second kappa shape index (κ2) is 8.86. The lowest BCUT2D eigenvalue weighted by molar-refractivity contribution is -0.130. The van der Waals surface area contributed by atoms with Crippen LogP contribution in [0.15, 0.2) is 18.2 Å². The van der Waals surface area contributed by atoms with Gasteiger partial charge in [0.05, 0.1) is 14.2 Å². The lowest BCUT2D eigenvalue weighted by Gasteiger charge is -2.16. The monoisotopic (exact) mass is 328 g/mol. The second-order valence-electron chi connectivity index (χ2n) is 5.42. The number of hydrogen-bond acceptors (Lipinski definition) is 4. The minimum atomic E-state index is 0. The average Bonchev–Trinajstić information content (AvgIpc) is 3.01. The third-order valence-corrected chi connectivity index (χ3v) is 4.05. The number of carbonyl (C=O) groups is 1. The van der Waals surface area contributed by atoms with Gasteiger partial charge in [0.25, 0.3) is 0 Å². The molecule has 6 heteroatoms. The summed E-state index contributed by atoms with van der Waals surface area (Å²) in [6.07, 6.45) is 2.26. The standard InChI is InChI=1S/C16H24N2O3.ClH/c1-20-14-5-3-12(9-15(14)21-2)4-6-16(19)18-8-7-13(10-17)11-18;/h3,5,9,13H,4,6-8,10-11,17H2,1-2H3;1H. The van der Waals surface area contributed by atoms with Gasteiger partial charge >= 0.3 is 0 Å². The molecule has 1 aliphatic rings. The van der Waals surface area contributed by atoms with Crippen LogP contribution in [0.4, 0.5) is 0 Å². The van der Waals surface area contributed by atoms with Gasteiger partial charge in [-0.05, 0) is 43.0 Å². The highest BCUT2D eigenvalue weighted by molar-refractivity contribution is 5.85. The number of carbonyl (C=O) groups excluding carboxylic acids is 1. The van der Waals surface area contributed by atoms with Crippen LogP contribution in [0, 0.1) is 5.92 Å². The zero-order chi connectivity index (χ0) is 15.2. The summed E-state index contributed by atoms with van der Waals surface area (Å²) >= 11 is 0. The fourth-order valence-electron chi connectivity index (χ4n) is 2.70. The molecule has 1 aromatic rings. The van der Waals surface area contributed by atoms with E-state index >= 15 is 0 Å². The first-order valence-electron chi connectivity index (χ1n) is 7.36. The normalized spacial score (nSPS) is 17.0. The van der Waals surface area contributed by atoms with Crippen LogP contribution >= 0.6 is 12.4 Å². The van der Waals surface area contributed by atoms with Crippen molar-refractivity contribution in [3.63, 3.8) is 0 Å². The minimum absolute atomic E-state index is 0. The van der Waals surface area contributed by atoms with Gasteiger partial charge in [0.15, 0.2) is 11.5 Å². The number of aryl methyl sites for hydroxylation is 1. The molecule has 1 aliphatic heterocycles. The lowest BCUT2D eigenvalue weighted by Crippen LogP contribution is -2.30. The molecule has 1 heterocycles. The maximum atomic E-state index is 12.2. The predicted octanol–water partition coefficient (Wildman–Crippen LogP) is 1.87. The fourth-order valence-corrected chi connectivity index (χ4v) is 2.70. The molecule has 5 nitrogen and oxygen atoms in total. The van der Waals surface area contributed by atoms with Crippen molar-refractivity contribution in [1.29, 1.82) is 0 Å². The fraction of sp³-hybridized carbons (Fsp3) is 0.562. The number of benzene rings is 1. The Morgan fingerprint density at radius 2 is 2.05 bits per heavy atom. The largest absolute Gasteiger partial charge is 0.493 e. The highest BCUT2D eigenvalue weighted by atomic mass is 35.5. The van der Waals surface area contributed by atoms with Crippen molar-refractivity contribution in [1.82, 2.24) is 4.90 Å². The van der Waals surface area contributed by atoms with Gasteiger partial charge in [-0.15, -0.1) is 12.4 Å². The molecule has 1 amide bonds. The minimum Gasteiger partial charge on any atom is -0.493 e. The molecular weight excluding hydrogens is 304 g/mol. The zero-order valence-electron chi connectivity index (χ0n) is 13.2. The molecule has 1 unspecified atom stereocenters. The smallest absolute Gasteiger partial charge is 0.222 e. The van der Waals surface area contributed by atoms with Crippen molar-refractivity contribution < 1.29 is 14.3 Å². The molecule has 1 fully saturated rings. The average molecular weight is 329 g/mol. The van der Waals surface area contributed by atoms with Crippen molar-refractivity contribution in [3.8, 4) is 11.5 Å². The van der Waals surface area contributed by atoms with Gasteiger partial charge in [-0.3, -0.25) is 4.79 Å². The second-order valence-corrected chi connectivity index (χ2v) is 5.42.